The van der Waals surface area contributed by atoms with Crippen LogP contribution < -0.4 is 11.1 Å². The van der Waals surface area contributed by atoms with Crippen molar-refractivity contribution in [3.05, 3.63) is 16.1 Å². The summed E-state index contributed by atoms with van der Waals surface area (Å²) in [5.74, 6) is -1.38. The molecule has 0 bridgehead atoms. The van der Waals surface area contributed by atoms with Gasteiger partial charge in [-0.1, -0.05) is 6.42 Å². The molecule has 1 aliphatic carbocycles. The maximum Gasteiger partial charge on any atom is 0.306 e. The van der Waals surface area contributed by atoms with Crippen molar-refractivity contribution < 1.29 is 14.7 Å². The number of carboxylic acid groups (broad SMARTS) is 1. The van der Waals surface area contributed by atoms with E-state index in [4.69, 9.17) is 10.8 Å². The summed E-state index contributed by atoms with van der Waals surface area (Å²) in [5, 5.41) is 14.3. The first kappa shape index (κ1) is 14.9. The van der Waals surface area contributed by atoms with Gasteiger partial charge in [-0.2, -0.15) is 0 Å². The van der Waals surface area contributed by atoms with Crippen molar-refractivity contribution in [2.24, 2.45) is 11.7 Å². The van der Waals surface area contributed by atoms with Crippen LogP contribution in [0.4, 0.5) is 0 Å². The highest BCUT2D eigenvalue weighted by Gasteiger charge is 2.28. The summed E-state index contributed by atoms with van der Waals surface area (Å²) in [5.41, 5.74) is 6.07. The standard InChI is InChI=1S/C13H19N3O3S/c1-7(14)12-16-10(6-20-12)11(17)15-9-4-2-3-8(5-9)13(18)19/h6-9H,2-5,14H2,1H3,(H,15,17)(H,18,19). The number of nitrogens with two attached hydrogens (primary N) is 1. The quantitative estimate of drug-likeness (QED) is 0.781. The van der Waals surface area contributed by atoms with E-state index in [1.165, 1.54) is 11.3 Å². The zero-order valence-electron chi connectivity index (χ0n) is 11.3. The second-order valence-corrected chi connectivity index (χ2v) is 6.12. The molecule has 1 aromatic heterocycles. The second-order valence-electron chi connectivity index (χ2n) is 5.23. The number of nitrogens with zero attached hydrogens (tertiary/aromatic N) is 1. The second kappa shape index (κ2) is 6.32. The Morgan fingerprint density at radius 1 is 1.55 bits per heavy atom. The van der Waals surface area contributed by atoms with Gasteiger partial charge in [0.1, 0.15) is 10.7 Å². The Morgan fingerprint density at radius 2 is 2.30 bits per heavy atom. The molecule has 4 N–H and O–H groups in total. The minimum Gasteiger partial charge on any atom is -0.481 e. The van der Waals surface area contributed by atoms with Crippen LogP contribution in [0.2, 0.25) is 0 Å². The minimum absolute atomic E-state index is 0.0854. The zero-order valence-corrected chi connectivity index (χ0v) is 12.2. The molecule has 1 saturated carbocycles. The summed E-state index contributed by atoms with van der Waals surface area (Å²) in [6.45, 7) is 1.82. The van der Waals surface area contributed by atoms with Crippen molar-refractivity contribution in [1.82, 2.24) is 10.3 Å². The van der Waals surface area contributed by atoms with Crippen molar-refractivity contribution in [1.29, 1.82) is 0 Å². The predicted molar refractivity (Wildman–Crippen MR) is 75.6 cm³/mol. The van der Waals surface area contributed by atoms with E-state index >= 15 is 0 Å². The summed E-state index contributed by atoms with van der Waals surface area (Å²) in [4.78, 5) is 27.3. The fraction of sp³-hybridized carbons (Fsp3) is 0.615. The van der Waals surface area contributed by atoms with Gasteiger partial charge in [-0.3, -0.25) is 9.59 Å². The van der Waals surface area contributed by atoms with Crippen LogP contribution in [0.25, 0.3) is 0 Å². The normalized spacial score (nSPS) is 24.1. The lowest BCUT2D eigenvalue weighted by molar-refractivity contribution is -0.143. The lowest BCUT2D eigenvalue weighted by Crippen LogP contribution is -2.40. The van der Waals surface area contributed by atoms with E-state index in [1.54, 1.807) is 5.38 Å². The molecule has 110 valence electrons. The largest absolute Gasteiger partial charge is 0.481 e. The van der Waals surface area contributed by atoms with Gasteiger partial charge in [-0.05, 0) is 26.2 Å². The fourth-order valence-electron chi connectivity index (χ4n) is 2.41. The molecule has 0 aromatic carbocycles. The molecule has 1 aliphatic rings. The molecule has 2 rings (SSSR count). The van der Waals surface area contributed by atoms with Crippen LogP contribution in [0.15, 0.2) is 5.38 Å². The highest BCUT2D eigenvalue weighted by Crippen LogP contribution is 2.25. The number of nitrogens with one attached hydrogen (secondary N) is 1. The topological polar surface area (TPSA) is 105 Å². The molecule has 6 nitrogen and oxygen atoms in total. The molecule has 0 radical (unpaired) electrons. The van der Waals surface area contributed by atoms with E-state index in [1.807, 2.05) is 6.92 Å². The number of hydrogen-bond donors (Lipinski definition) is 3. The average Bonchev–Trinajstić information content (AvgIpc) is 2.88. The molecule has 1 aromatic rings. The van der Waals surface area contributed by atoms with E-state index in [0.29, 0.717) is 18.5 Å². The smallest absolute Gasteiger partial charge is 0.306 e. The monoisotopic (exact) mass is 297 g/mol. The van der Waals surface area contributed by atoms with Crippen molar-refractivity contribution in [3.63, 3.8) is 0 Å². The summed E-state index contributed by atoms with van der Waals surface area (Å²) >= 11 is 1.36. The van der Waals surface area contributed by atoms with Gasteiger partial charge in [0.2, 0.25) is 0 Å². The number of carbonyl (C=O) groups excluding carboxylic acids is 1. The Bertz CT molecular complexity index is 501. The molecule has 3 atom stereocenters. The van der Waals surface area contributed by atoms with Crippen LogP contribution in [0, 0.1) is 5.92 Å². The molecule has 20 heavy (non-hydrogen) atoms. The average molecular weight is 297 g/mol. The maximum absolute atomic E-state index is 12.1. The summed E-state index contributed by atoms with van der Waals surface area (Å²) in [6.07, 6.45) is 2.82. The Morgan fingerprint density at radius 3 is 2.90 bits per heavy atom. The molecule has 1 fully saturated rings. The minimum atomic E-state index is -0.781. The maximum atomic E-state index is 12.1. The zero-order chi connectivity index (χ0) is 14.7. The van der Waals surface area contributed by atoms with Crippen LogP contribution in [0.5, 0.6) is 0 Å². The van der Waals surface area contributed by atoms with E-state index in [9.17, 15) is 9.59 Å². The van der Waals surface area contributed by atoms with E-state index in [2.05, 4.69) is 10.3 Å². The van der Waals surface area contributed by atoms with Crippen LogP contribution in [0.3, 0.4) is 0 Å². The van der Waals surface area contributed by atoms with E-state index in [0.717, 1.165) is 17.8 Å². The fourth-order valence-corrected chi connectivity index (χ4v) is 3.16. The Labute approximate surface area is 121 Å². The first-order chi connectivity index (χ1) is 9.47. The van der Waals surface area contributed by atoms with Gasteiger partial charge in [0.15, 0.2) is 0 Å². The number of aromatic nitrogens is 1. The first-order valence-electron chi connectivity index (χ1n) is 6.72. The number of aliphatic carboxylic acids is 1. The summed E-state index contributed by atoms with van der Waals surface area (Å²) in [7, 11) is 0. The molecule has 1 amide bonds. The highest BCUT2D eigenvalue weighted by atomic mass is 32.1. The third-order valence-electron chi connectivity index (χ3n) is 3.50. The van der Waals surface area contributed by atoms with E-state index < -0.39 is 5.97 Å². The number of thiazole rings is 1. The van der Waals surface area contributed by atoms with Crippen LogP contribution in [-0.4, -0.2) is 28.0 Å². The highest BCUT2D eigenvalue weighted by molar-refractivity contribution is 7.09. The van der Waals surface area contributed by atoms with Gasteiger partial charge < -0.3 is 16.2 Å². The number of carbonyl (C=O) groups is 2. The van der Waals surface area contributed by atoms with Crippen molar-refractivity contribution >= 4 is 23.2 Å². The summed E-state index contributed by atoms with van der Waals surface area (Å²) in [6, 6.07) is -0.273. The predicted octanol–water partition coefficient (Wildman–Crippen LogP) is 1.54. The van der Waals surface area contributed by atoms with Crippen molar-refractivity contribution in [2.45, 2.75) is 44.7 Å². The third kappa shape index (κ3) is 3.55. The van der Waals surface area contributed by atoms with Gasteiger partial charge in [0.05, 0.1) is 12.0 Å². The molecule has 7 heteroatoms. The Hall–Kier alpha value is -1.47. The van der Waals surface area contributed by atoms with Gasteiger partial charge in [0.25, 0.3) is 5.91 Å². The third-order valence-corrected chi connectivity index (χ3v) is 4.55. The number of carboxylic acids is 1. The van der Waals surface area contributed by atoms with Crippen LogP contribution in [0.1, 0.15) is 54.1 Å². The van der Waals surface area contributed by atoms with Gasteiger partial charge in [-0.15, -0.1) is 11.3 Å². The molecule has 0 aliphatic heterocycles. The van der Waals surface area contributed by atoms with Crippen molar-refractivity contribution in [2.75, 3.05) is 0 Å². The lowest BCUT2D eigenvalue weighted by Gasteiger charge is -2.27. The molecule has 3 unspecified atom stereocenters. The number of hydrogen-bond acceptors (Lipinski definition) is 5. The number of amides is 1. The Balaban J connectivity index is 1.95. The van der Waals surface area contributed by atoms with Gasteiger partial charge in [0, 0.05) is 11.4 Å². The van der Waals surface area contributed by atoms with Gasteiger partial charge in [-0.25, -0.2) is 4.98 Å². The molecule has 0 spiro atoms. The SMILES string of the molecule is CC(N)c1nc(C(=O)NC2CCCC(C(=O)O)C2)cs1. The molecular formula is C13H19N3O3S. The molecule has 0 saturated heterocycles. The lowest BCUT2D eigenvalue weighted by atomic mass is 9.86. The van der Waals surface area contributed by atoms with Gasteiger partial charge >= 0.3 is 5.97 Å². The molecule has 1 heterocycles. The van der Waals surface area contributed by atoms with Crippen LogP contribution >= 0.6 is 11.3 Å². The first-order valence-corrected chi connectivity index (χ1v) is 7.60. The summed E-state index contributed by atoms with van der Waals surface area (Å²) < 4.78 is 0. The van der Waals surface area contributed by atoms with Crippen molar-refractivity contribution in [3.8, 4) is 0 Å². The van der Waals surface area contributed by atoms with Crippen LogP contribution in [-0.2, 0) is 4.79 Å². The number of rotatable bonds is 4. The Kier molecular flexibility index (Phi) is 4.72. The molecular weight excluding hydrogens is 278 g/mol. The van der Waals surface area contributed by atoms with E-state index in [-0.39, 0.29) is 23.9 Å².